The SMILES string of the molecule is CC1(C)OC[C@H](COc2cnc(N3C4=N[C@H]5CCN(C5)C4=CN=C3c3cccc(C(F)(F)F)c3)nc2)O1. The number of aliphatic imine (C=N–C) groups is 2. The van der Waals surface area contributed by atoms with E-state index in [1.807, 2.05) is 13.8 Å². The smallest absolute Gasteiger partial charge is 0.416 e. The van der Waals surface area contributed by atoms with Crippen LogP contribution in [0, 0.1) is 0 Å². The summed E-state index contributed by atoms with van der Waals surface area (Å²) in [5.74, 6) is 0.851. The fourth-order valence-electron chi connectivity index (χ4n) is 4.80. The zero-order valence-corrected chi connectivity index (χ0v) is 20.3. The minimum Gasteiger partial charge on any atom is -0.488 e. The Labute approximate surface area is 211 Å². The molecule has 0 N–H and O–H groups in total. The topological polar surface area (TPSA) is 84.7 Å². The molecule has 2 aromatic rings. The normalized spacial score (nSPS) is 24.4. The Kier molecular flexibility index (Phi) is 5.68. The number of nitrogens with zero attached hydrogens (tertiary/aromatic N) is 6. The highest BCUT2D eigenvalue weighted by atomic mass is 19.4. The van der Waals surface area contributed by atoms with Crippen molar-refractivity contribution in [2.75, 3.05) is 31.2 Å². The van der Waals surface area contributed by atoms with Crippen LogP contribution in [0.25, 0.3) is 0 Å². The van der Waals surface area contributed by atoms with Crippen molar-refractivity contribution in [3.63, 3.8) is 0 Å². The third-order valence-electron chi connectivity index (χ3n) is 6.54. The predicted molar refractivity (Wildman–Crippen MR) is 128 cm³/mol. The number of ether oxygens (including phenoxy) is 3. The van der Waals surface area contributed by atoms with Crippen molar-refractivity contribution >= 4 is 17.6 Å². The molecule has 4 aliphatic rings. The van der Waals surface area contributed by atoms with Crippen LogP contribution in [0.3, 0.4) is 0 Å². The molecular weight excluding hydrogens is 489 g/mol. The summed E-state index contributed by atoms with van der Waals surface area (Å²) in [6.45, 7) is 5.99. The summed E-state index contributed by atoms with van der Waals surface area (Å²) in [6.07, 6.45) is 0.889. The van der Waals surface area contributed by atoms with Gasteiger partial charge in [-0.3, -0.25) is 4.99 Å². The highest BCUT2D eigenvalue weighted by Gasteiger charge is 2.40. The van der Waals surface area contributed by atoms with Crippen molar-refractivity contribution in [1.29, 1.82) is 0 Å². The van der Waals surface area contributed by atoms with Gasteiger partial charge in [-0.1, -0.05) is 12.1 Å². The molecule has 0 aliphatic carbocycles. The highest BCUT2D eigenvalue weighted by Crippen LogP contribution is 2.34. The molecule has 6 rings (SSSR count). The number of alkyl halides is 3. The van der Waals surface area contributed by atoms with E-state index in [1.165, 1.54) is 18.5 Å². The fraction of sp³-hybridized carbons (Fsp3) is 0.440. The average molecular weight is 515 g/mol. The lowest BCUT2D eigenvalue weighted by molar-refractivity contribution is -0.141. The molecule has 2 fully saturated rings. The van der Waals surface area contributed by atoms with Crippen LogP contribution in [0.2, 0.25) is 0 Å². The maximum atomic E-state index is 13.5. The van der Waals surface area contributed by atoms with Crippen molar-refractivity contribution in [1.82, 2.24) is 14.9 Å². The van der Waals surface area contributed by atoms with E-state index in [2.05, 4.69) is 19.9 Å². The number of rotatable bonds is 5. The molecule has 0 radical (unpaired) electrons. The van der Waals surface area contributed by atoms with Gasteiger partial charge in [0.05, 0.1) is 42.5 Å². The second kappa shape index (κ2) is 8.80. The first kappa shape index (κ1) is 23.9. The summed E-state index contributed by atoms with van der Waals surface area (Å²) in [5, 5.41) is 0. The Morgan fingerprint density at radius 3 is 2.70 bits per heavy atom. The third kappa shape index (κ3) is 4.66. The average Bonchev–Trinajstić information content (AvgIpc) is 3.43. The molecular formula is C25H25F3N6O3. The maximum Gasteiger partial charge on any atom is 0.416 e. The summed E-state index contributed by atoms with van der Waals surface area (Å²) >= 11 is 0. The van der Waals surface area contributed by atoms with E-state index < -0.39 is 17.5 Å². The van der Waals surface area contributed by atoms with Crippen LogP contribution in [-0.2, 0) is 15.7 Å². The quantitative estimate of drug-likeness (QED) is 0.603. The number of benzene rings is 1. The van der Waals surface area contributed by atoms with Crippen molar-refractivity contribution in [2.45, 2.75) is 44.4 Å². The Bertz CT molecular complexity index is 1290. The highest BCUT2D eigenvalue weighted by molar-refractivity contribution is 6.30. The van der Waals surface area contributed by atoms with Crippen LogP contribution in [0.4, 0.5) is 19.1 Å². The minimum atomic E-state index is -4.48. The van der Waals surface area contributed by atoms with E-state index in [0.717, 1.165) is 37.3 Å². The molecule has 2 atom stereocenters. The number of aromatic nitrogens is 2. The molecule has 0 spiro atoms. The van der Waals surface area contributed by atoms with Crippen molar-refractivity contribution in [3.8, 4) is 5.75 Å². The summed E-state index contributed by atoms with van der Waals surface area (Å²) in [7, 11) is 0. The van der Waals surface area contributed by atoms with Crippen molar-refractivity contribution in [3.05, 3.63) is 59.7 Å². The Balaban J connectivity index is 1.31. The largest absolute Gasteiger partial charge is 0.488 e. The molecule has 9 nitrogen and oxygen atoms in total. The molecule has 0 amide bonds. The van der Waals surface area contributed by atoms with Crippen molar-refractivity contribution in [2.24, 2.45) is 9.98 Å². The lowest BCUT2D eigenvalue weighted by Crippen LogP contribution is -2.47. The second-order valence-corrected chi connectivity index (χ2v) is 9.70. The van der Waals surface area contributed by atoms with Gasteiger partial charge in [-0.15, -0.1) is 0 Å². The number of fused-ring (bicyclic) bond motifs is 4. The first-order valence-corrected chi connectivity index (χ1v) is 12.0. The molecule has 1 aromatic heterocycles. The Morgan fingerprint density at radius 2 is 1.97 bits per heavy atom. The summed E-state index contributed by atoms with van der Waals surface area (Å²) in [6, 6.07) is 5.15. The van der Waals surface area contributed by atoms with E-state index >= 15 is 0 Å². The predicted octanol–water partition coefficient (Wildman–Crippen LogP) is 3.62. The molecule has 4 aliphatic heterocycles. The zero-order chi connectivity index (χ0) is 25.8. The number of hydrogen-bond donors (Lipinski definition) is 0. The van der Waals surface area contributed by atoms with E-state index in [9.17, 15) is 13.2 Å². The van der Waals surface area contributed by atoms with Gasteiger partial charge in [-0.05, 0) is 32.4 Å². The van der Waals surface area contributed by atoms with Gasteiger partial charge in [0.25, 0.3) is 0 Å². The standard InChI is InChI=1S/C25H25F3N6O3/c1-24(2)36-14-19(37-24)13-35-18-9-30-23(31-10-18)34-21(15-4-3-5-16(8-15)25(26,27)28)29-11-20-22(34)32-17-6-7-33(20)12-17/h3-5,8-11,17,19H,6-7,12-14H2,1-2H3/t17-,19-/m0/s1. The molecule has 5 heterocycles. The van der Waals surface area contributed by atoms with Gasteiger partial charge >= 0.3 is 6.18 Å². The molecule has 12 heteroatoms. The second-order valence-electron chi connectivity index (χ2n) is 9.70. The van der Waals surface area contributed by atoms with Crippen LogP contribution in [-0.4, -0.2) is 70.8 Å². The number of amidine groups is 2. The maximum absolute atomic E-state index is 13.5. The van der Waals surface area contributed by atoms with Gasteiger partial charge in [0, 0.05) is 18.7 Å². The molecule has 0 saturated carbocycles. The summed E-state index contributed by atoms with van der Waals surface area (Å²) < 4.78 is 57.5. The van der Waals surface area contributed by atoms with E-state index in [-0.39, 0.29) is 36.1 Å². The van der Waals surface area contributed by atoms with Gasteiger partial charge in [-0.2, -0.15) is 13.2 Å². The molecule has 194 valence electrons. The van der Waals surface area contributed by atoms with Crippen LogP contribution in [0.5, 0.6) is 5.75 Å². The van der Waals surface area contributed by atoms with Gasteiger partial charge < -0.3 is 19.1 Å². The first-order valence-electron chi connectivity index (χ1n) is 12.0. The third-order valence-corrected chi connectivity index (χ3v) is 6.54. The van der Waals surface area contributed by atoms with Crippen LogP contribution in [0.15, 0.2) is 58.5 Å². The van der Waals surface area contributed by atoms with Gasteiger partial charge in [-0.25, -0.2) is 19.9 Å². The molecule has 37 heavy (non-hydrogen) atoms. The molecule has 1 aromatic carbocycles. The fourth-order valence-corrected chi connectivity index (χ4v) is 4.80. The minimum absolute atomic E-state index is 0.0935. The van der Waals surface area contributed by atoms with Crippen molar-refractivity contribution < 1.29 is 27.4 Å². The number of anilines is 1. The van der Waals surface area contributed by atoms with E-state index in [1.54, 1.807) is 17.2 Å². The molecule has 2 bridgehead atoms. The van der Waals surface area contributed by atoms with Crippen LogP contribution in [0.1, 0.15) is 31.4 Å². The van der Waals surface area contributed by atoms with Crippen LogP contribution >= 0.6 is 0 Å². The van der Waals surface area contributed by atoms with E-state index in [4.69, 9.17) is 19.2 Å². The number of hydrogen-bond acceptors (Lipinski definition) is 9. The zero-order valence-electron chi connectivity index (χ0n) is 20.3. The van der Waals surface area contributed by atoms with Gasteiger partial charge in [0.1, 0.15) is 18.5 Å². The van der Waals surface area contributed by atoms with Gasteiger partial charge in [0.2, 0.25) is 5.95 Å². The van der Waals surface area contributed by atoms with Gasteiger partial charge in [0.15, 0.2) is 17.4 Å². The lowest BCUT2D eigenvalue weighted by atomic mass is 10.1. The first-order chi connectivity index (χ1) is 17.7. The van der Waals surface area contributed by atoms with Crippen LogP contribution < -0.4 is 9.64 Å². The Hall–Kier alpha value is -3.51. The van der Waals surface area contributed by atoms with E-state index in [0.29, 0.717) is 18.2 Å². The Morgan fingerprint density at radius 1 is 1.16 bits per heavy atom. The molecule has 0 unspecified atom stereocenters. The molecule has 2 saturated heterocycles. The number of halogens is 3. The monoisotopic (exact) mass is 514 g/mol. The summed E-state index contributed by atoms with van der Waals surface area (Å²) in [4.78, 5) is 22.2. The lowest BCUT2D eigenvalue weighted by Gasteiger charge is -2.35. The summed E-state index contributed by atoms with van der Waals surface area (Å²) in [5.41, 5.74) is 0.322.